The van der Waals surface area contributed by atoms with Gasteiger partial charge in [0.25, 0.3) is 0 Å². The summed E-state index contributed by atoms with van der Waals surface area (Å²) in [4.78, 5) is 104. The molecular formula is C77H93BrCl4N12O14. The molecule has 9 rings (SSSR count). The first-order valence-electron chi connectivity index (χ1n) is 35.0. The van der Waals surface area contributed by atoms with Crippen molar-refractivity contribution >= 4 is 116 Å². The van der Waals surface area contributed by atoms with Crippen LogP contribution in [0.3, 0.4) is 0 Å². The molecule has 0 saturated carbocycles. The first kappa shape index (κ1) is 85.8. The van der Waals surface area contributed by atoms with Gasteiger partial charge >= 0.3 is 24.0 Å². The van der Waals surface area contributed by atoms with Crippen LogP contribution < -0.4 is 36.9 Å². The number of carboxylic acid groups (broad SMARTS) is 2. The topological polar surface area (TPSA) is 357 Å². The number of methoxy groups -OCH3 is 1. The van der Waals surface area contributed by atoms with Crippen molar-refractivity contribution < 1.29 is 67.5 Å². The van der Waals surface area contributed by atoms with Crippen LogP contribution in [0.15, 0.2) is 114 Å². The van der Waals surface area contributed by atoms with Crippen LogP contribution in [0.2, 0.25) is 20.1 Å². The maximum absolute atomic E-state index is 13.0. The Morgan fingerprint density at radius 1 is 0.583 bits per heavy atom. The van der Waals surface area contributed by atoms with Crippen LogP contribution in [0.4, 0.5) is 4.79 Å². The summed E-state index contributed by atoms with van der Waals surface area (Å²) in [6.07, 6.45) is 3.08. The quantitative estimate of drug-likeness (QED) is 0.0115. The van der Waals surface area contributed by atoms with E-state index in [2.05, 4.69) is 41.6 Å². The van der Waals surface area contributed by atoms with E-state index in [1.807, 2.05) is 75.4 Å². The smallest absolute Gasteiger partial charge is 0.408 e. The van der Waals surface area contributed by atoms with Crippen LogP contribution in [0, 0.1) is 11.8 Å². The van der Waals surface area contributed by atoms with Crippen molar-refractivity contribution in [2.75, 3.05) is 46.4 Å². The van der Waals surface area contributed by atoms with Gasteiger partial charge in [0.15, 0.2) is 5.96 Å². The standard InChI is InChI=1S/C36H45Cl2N5O7.C32H39Cl2N7O5.C9H9BrO2/c1-21(2)17-27(40-35(48)50-36(3,4)5)33(45)39-19-30(44)43-15-13-23(14-16-43)28-18-26(41-42(28)6)25-11-12-29(32(38)31(25)37)49-20-22-7-9-24(10-8-22)34(46)47;1-18(2)14-24(38-32(35)36)30(43)37-16-27(42)41-12-10-20(11-13-41)25-15-23(39-40(25)3)22-8-9-26(29(34)28(22)33)46-17-19-4-6-21(7-5-19)31(44)45;1-12-9(11)8-4-2-7(6-10)3-5-8/h7-12,18,21,23,27H,13-17,19-20H2,1-6H3,(H,39,45)(H,40,48)(H,46,47);4-9,15,18,20,24H,10-14,16-17H2,1-3H3,(H,37,43)(H,44,45)(H4,35,36,38);2-5H,6H2,1H3/t27-;24-;/m11./s1. The number of likely N-dealkylation sites (tertiary alicyclic amines) is 2. The second-order valence-electron chi connectivity index (χ2n) is 27.8. The van der Waals surface area contributed by atoms with Gasteiger partial charge in [0.1, 0.15) is 52.4 Å². The lowest BCUT2D eigenvalue weighted by Gasteiger charge is -2.32. The fourth-order valence-corrected chi connectivity index (χ4v) is 13.3. The molecule has 7 aromatic rings. The summed E-state index contributed by atoms with van der Waals surface area (Å²) in [6.45, 7) is 15.3. The molecule has 108 heavy (non-hydrogen) atoms. The number of alkyl halides is 1. The number of hydrogen-bond acceptors (Lipinski definition) is 15. The van der Waals surface area contributed by atoms with E-state index in [-0.39, 0.29) is 101 Å². The normalized spacial score (nSPS) is 13.7. The van der Waals surface area contributed by atoms with E-state index >= 15 is 0 Å². The van der Waals surface area contributed by atoms with Crippen molar-refractivity contribution in [3.8, 4) is 34.0 Å². The van der Waals surface area contributed by atoms with Crippen LogP contribution in [0.25, 0.3) is 22.5 Å². The Bertz CT molecular complexity index is 4320. The number of aliphatic imine (C=N–C) groups is 1. The first-order chi connectivity index (χ1) is 51.1. The molecule has 2 fully saturated rings. The molecule has 5 amide bonds. The number of aromatic nitrogens is 4. The number of nitrogens with one attached hydrogen (secondary N) is 3. The number of rotatable bonds is 26. The number of halogens is 5. The minimum atomic E-state index is -0.998. The first-order valence-corrected chi connectivity index (χ1v) is 37.6. The number of nitrogens with two attached hydrogens (primary N) is 2. The van der Waals surface area contributed by atoms with Gasteiger partial charge in [-0.2, -0.15) is 10.2 Å². The number of carbonyl (C=O) groups excluding carboxylic acids is 6. The summed E-state index contributed by atoms with van der Waals surface area (Å²) >= 11 is 29.9. The number of carbonyl (C=O) groups is 8. The molecule has 9 N–H and O–H groups in total. The van der Waals surface area contributed by atoms with E-state index in [9.17, 15) is 38.4 Å². The van der Waals surface area contributed by atoms with Gasteiger partial charge in [-0.15, -0.1) is 0 Å². The summed E-state index contributed by atoms with van der Waals surface area (Å²) < 4.78 is 25.2. The van der Waals surface area contributed by atoms with Crippen molar-refractivity contribution in [1.29, 1.82) is 0 Å². The Balaban J connectivity index is 0.000000261. The van der Waals surface area contributed by atoms with E-state index < -0.39 is 41.6 Å². The predicted molar refractivity (Wildman–Crippen MR) is 418 cm³/mol. The highest BCUT2D eigenvalue weighted by Gasteiger charge is 2.32. The number of piperidine rings is 2. The van der Waals surface area contributed by atoms with Gasteiger partial charge in [-0.1, -0.05) is 126 Å². The highest BCUT2D eigenvalue weighted by atomic mass is 79.9. The lowest BCUT2D eigenvalue weighted by molar-refractivity contribution is -0.134. The van der Waals surface area contributed by atoms with Gasteiger partial charge in [-0.05, 0) is 161 Å². The van der Waals surface area contributed by atoms with Gasteiger partial charge in [-0.3, -0.25) is 28.5 Å². The average Bonchev–Trinajstić information content (AvgIpc) is 1.62. The summed E-state index contributed by atoms with van der Waals surface area (Å²) in [7, 11) is 5.12. The highest BCUT2D eigenvalue weighted by Crippen LogP contribution is 2.43. The Hall–Kier alpha value is -9.41. The van der Waals surface area contributed by atoms with Crippen LogP contribution >= 0.6 is 62.3 Å². The second-order valence-corrected chi connectivity index (χ2v) is 29.9. The van der Waals surface area contributed by atoms with Crippen molar-refractivity contribution in [3.05, 3.63) is 174 Å². The number of aromatic carboxylic acids is 2. The zero-order chi connectivity index (χ0) is 79.3. The molecule has 2 aromatic heterocycles. The summed E-state index contributed by atoms with van der Waals surface area (Å²) in [5, 5.41) is 37.5. The molecule has 0 aliphatic carbocycles. The number of esters is 1. The summed E-state index contributed by atoms with van der Waals surface area (Å²) in [5.74, 6) is -2.17. The molecule has 26 nitrogen and oxygen atoms in total. The van der Waals surface area contributed by atoms with E-state index in [0.29, 0.717) is 101 Å². The number of aryl methyl sites for hydroxylation is 2. The molecule has 0 unspecified atom stereocenters. The lowest BCUT2D eigenvalue weighted by Crippen LogP contribution is -2.51. The monoisotopic (exact) mass is 1630 g/mol. The molecule has 31 heteroatoms. The molecule has 0 spiro atoms. The highest BCUT2D eigenvalue weighted by molar-refractivity contribution is 9.08. The molecule has 580 valence electrons. The largest absolute Gasteiger partial charge is 0.487 e. The molecule has 4 heterocycles. The van der Waals surface area contributed by atoms with Gasteiger partial charge in [0.2, 0.25) is 23.6 Å². The number of benzene rings is 5. The van der Waals surface area contributed by atoms with Gasteiger partial charge in [0, 0.05) is 80.0 Å². The molecule has 2 atom stereocenters. The number of hydrogen-bond donors (Lipinski definition) is 7. The second kappa shape index (κ2) is 40.1. The third-order valence-electron chi connectivity index (χ3n) is 17.6. The molecule has 5 aromatic carbocycles. The van der Waals surface area contributed by atoms with Crippen LogP contribution in [0.5, 0.6) is 11.5 Å². The van der Waals surface area contributed by atoms with E-state index in [0.717, 1.165) is 46.2 Å². The van der Waals surface area contributed by atoms with Crippen molar-refractivity contribution in [3.63, 3.8) is 0 Å². The Kier molecular flexibility index (Phi) is 31.9. The predicted octanol–water partition coefficient (Wildman–Crippen LogP) is 13.0. The number of ether oxygens (including phenoxy) is 4. The number of amides is 5. The molecule has 0 bridgehead atoms. The minimum Gasteiger partial charge on any atom is -0.487 e. The molecule has 2 aliphatic rings. The molecule has 2 aliphatic heterocycles. The van der Waals surface area contributed by atoms with E-state index in [1.54, 1.807) is 91.2 Å². The maximum Gasteiger partial charge on any atom is 0.408 e. The molecule has 0 radical (unpaired) electrons. The van der Waals surface area contributed by atoms with Crippen LogP contribution in [0.1, 0.15) is 158 Å². The Morgan fingerprint density at radius 3 is 1.35 bits per heavy atom. The lowest BCUT2D eigenvalue weighted by atomic mass is 9.92. The zero-order valence-electron chi connectivity index (χ0n) is 61.9. The Labute approximate surface area is 656 Å². The van der Waals surface area contributed by atoms with E-state index in [1.165, 1.54) is 31.4 Å². The fourth-order valence-electron chi connectivity index (χ4n) is 12.0. The summed E-state index contributed by atoms with van der Waals surface area (Å²) in [6, 6.07) is 29.5. The fraction of sp³-hybridized carbons (Fsp3) is 0.416. The zero-order valence-corrected chi connectivity index (χ0v) is 66.5. The van der Waals surface area contributed by atoms with Gasteiger partial charge in [-0.25, -0.2) is 24.2 Å². The van der Waals surface area contributed by atoms with E-state index in [4.69, 9.17) is 92.5 Å². The number of guanidine groups is 1. The Morgan fingerprint density at radius 2 is 0.981 bits per heavy atom. The van der Waals surface area contributed by atoms with Crippen molar-refractivity contribution in [1.82, 2.24) is 45.3 Å². The van der Waals surface area contributed by atoms with Crippen molar-refractivity contribution in [2.45, 2.75) is 135 Å². The van der Waals surface area contributed by atoms with Gasteiger partial charge in [0.05, 0.1) is 58.3 Å². The number of nitrogens with zero attached hydrogens (tertiary/aromatic N) is 7. The SMILES string of the molecule is CC(C)C[C@@H](N=C(N)N)C(=O)NCC(=O)N1CCC(c2cc(-c3ccc(OCc4ccc(C(=O)O)cc4)c(Cl)c3Cl)nn2C)CC1.CC(C)C[C@@H](NC(=O)OC(C)(C)C)C(=O)NCC(=O)N1CCC(c2cc(-c3ccc(OCc4ccc(C(=O)O)cc4)c(Cl)c3Cl)nn2C)CC1.COC(=O)c1ccc(CBr)cc1. The number of alkyl carbamates (subject to hydrolysis) is 1. The molecule has 2 saturated heterocycles. The van der Waals surface area contributed by atoms with Crippen LogP contribution in [-0.2, 0) is 61.3 Å². The maximum atomic E-state index is 13.0. The summed E-state index contributed by atoms with van der Waals surface area (Å²) in [5.41, 5.74) is 18.6. The van der Waals surface area contributed by atoms with Crippen molar-refractivity contribution in [2.24, 2.45) is 42.4 Å². The third-order valence-corrected chi connectivity index (χ3v) is 20.0. The number of carboxylic acids is 2. The third kappa shape index (κ3) is 25.1. The van der Waals surface area contributed by atoms with Crippen LogP contribution in [-0.4, -0.2) is 157 Å². The average molecular weight is 1630 g/mol. The van der Waals surface area contributed by atoms with Gasteiger partial charge < -0.3 is 66.4 Å². The minimum absolute atomic E-state index is 0.121. The molecular weight excluding hydrogens is 1540 g/mol.